The first kappa shape index (κ1) is 17.6. The Morgan fingerprint density at radius 2 is 1.69 bits per heavy atom. The van der Waals surface area contributed by atoms with Gasteiger partial charge in [0.1, 0.15) is 5.82 Å². The normalized spacial score (nSPS) is 17.1. The number of amides is 4. The minimum atomic E-state index is -1.33. The van der Waals surface area contributed by atoms with E-state index in [0.717, 1.165) is 4.90 Å². The van der Waals surface area contributed by atoms with Crippen LogP contribution in [0.2, 0.25) is 5.02 Å². The van der Waals surface area contributed by atoms with Gasteiger partial charge in [-0.15, -0.1) is 0 Å². The predicted octanol–water partition coefficient (Wildman–Crippen LogP) is 3.30. The molecule has 0 aliphatic carbocycles. The van der Waals surface area contributed by atoms with E-state index >= 15 is 0 Å². The molecule has 132 valence electrons. The molecule has 4 amide bonds. The Bertz CT molecular complexity index is 897. The van der Waals surface area contributed by atoms with Crippen molar-refractivity contribution in [2.45, 2.75) is 0 Å². The topological polar surface area (TPSA) is 78.5 Å². The first-order chi connectivity index (χ1) is 12.4. The lowest BCUT2D eigenvalue weighted by Crippen LogP contribution is -2.59. The van der Waals surface area contributed by atoms with Gasteiger partial charge >= 0.3 is 6.03 Å². The molecule has 2 aromatic carbocycles. The molecule has 1 saturated heterocycles. The number of anilines is 2. The third-order valence-corrected chi connectivity index (χ3v) is 4.00. The number of hydrogen-bond donors (Lipinski definition) is 2. The van der Waals surface area contributed by atoms with E-state index in [1.54, 1.807) is 0 Å². The summed E-state index contributed by atoms with van der Waals surface area (Å²) in [6.07, 6.45) is 0. The van der Waals surface area contributed by atoms with Gasteiger partial charge in [-0.1, -0.05) is 18.2 Å². The molecule has 6 nitrogen and oxygen atoms in total. The Hall–Kier alpha value is -3.19. The molecule has 1 aliphatic heterocycles. The molecule has 1 heterocycles. The molecular formula is C18H13ClFN3O3. The van der Waals surface area contributed by atoms with Crippen molar-refractivity contribution in [2.75, 3.05) is 10.2 Å². The van der Waals surface area contributed by atoms with Gasteiger partial charge in [0.15, 0.2) is 5.92 Å². The highest BCUT2D eigenvalue weighted by molar-refractivity contribution is 6.31. The van der Waals surface area contributed by atoms with Crippen molar-refractivity contribution in [3.63, 3.8) is 0 Å². The number of halogens is 2. The van der Waals surface area contributed by atoms with E-state index in [9.17, 15) is 18.8 Å². The largest absolute Gasteiger partial charge is 0.358 e. The molecule has 2 N–H and O–H groups in total. The third-order valence-electron chi connectivity index (χ3n) is 3.75. The lowest BCUT2D eigenvalue weighted by molar-refractivity contribution is -0.132. The highest BCUT2D eigenvalue weighted by Gasteiger charge is 2.42. The van der Waals surface area contributed by atoms with Crippen LogP contribution in [0.4, 0.5) is 20.6 Å². The van der Waals surface area contributed by atoms with Crippen LogP contribution in [-0.2, 0) is 9.59 Å². The zero-order chi connectivity index (χ0) is 18.8. The molecule has 0 saturated carbocycles. The summed E-state index contributed by atoms with van der Waals surface area (Å²) in [5, 5.41) is 5.36. The van der Waals surface area contributed by atoms with Crippen molar-refractivity contribution in [1.82, 2.24) is 5.32 Å². The molecule has 0 aromatic heterocycles. The third kappa shape index (κ3) is 3.43. The van der Waals surface area contributed by atoms with Crippen LogP contribution in [0.15, 0.2) is 60.8 Å². The fraction of sp³-hybridized carbons (Fsp3) is 0.0556. The summed E-state index contributed by atoms with van der Waals surface area (Å²) in [5.41, 5.74) is 0.779. The minimum absolute atomic E-state index is 0.0607. The van der Waals surface area contributed by atoms with Crippen LogP contribution in [0.1, 0.15) is 0 Å². The number of barbiturate groups is 1. The summed E-state index contributed by atoms with van der Waals surface area (Å²) in [5.74, 6) is -3.29. The average Bonchev–Trinajstić information content (AvgIpc) is 2.58. The molecule has 8 heteroatoms. The summed E-state index contributed by atoms with van der Waals surface area (Å²) >= 11 is 5.82. The first-order valence-electron chi connectivity index (χ1n) is 7.52. The quantitative estimate of drug-likeness (QED) is 0.806. The van der Waals surface area contributed by atoms with E-state index in [0.29, 0.717) is 10.7 Å². The van der Waals surface area contributed by atoms with Crippen LogP contribution in [0.5, 0.6) is 0 Å². The zero-order valence-corrected chi connectivity index (χ0v) is 14.1. The Morgan fingerprint density at radius 1 is 1.08 bits per heavy atom. The molecule has 0 radical (unpaired) electrons. The first-order valence-corrected chi connectivity index (χ1v) is 7.90. The number of carbonyl (C=O) groups is 3. The lowest BCUT2D eigenvalue weighted by atomic mass is 10.0. The van der Waals surface area contributed by atoms with Crippen LogP contribution in [0.3, 0.4) is 0 Å². The van der Waals surface area contributed by atoms with Crippen LogP contribution in [0, 0.1) is 11.7 Å². The van der Waals surface area contributed by atoms with Gasteiger partial charge < -0.3 is 5.32 Å². The van der Waals surface area contributed by atoms with Crippen LogP contribution < -0.4 is 15.5 Å². The fourth-order valence-electron chi connectivity index (χ4n) is 2.51. The fourth-order valence-corrected chi connectivity index (χ4v) is 2.63. The zero-order valence-electron chi connectivity index (χ0n) is 13.3. The molecule has 26 heavy (non-hydrogen) atoms. The van der Waals surface area contributed by atoms with Crippen molar-refractivity contribution >= 4 is 40.8 Å². The maximum Gasteiger partial charge on any atom is 0.335 e. The summed E-state index contributed by atoms with van der Waals surface area (Å²) in [4.78, 5) is 37.9. The summed E-state index contributed by atoms with van der Waals surface area (Å²) in [7, 11) is 0. The Balaban J connectivity index is 1.86. The molecule has 0 spiro atoms. The van der Waals surface area contributed by atoms with Gasteiger partial charge in [-0.3, -0.25) is 14.9 Å². The monoisotopic (exact) mass is 373 g/mol. The molecule has 1 aliphatic rings. The van der Waals surface area contributed by atoms with Crippen LogP contribution in [-0.4, -0.2) is 17.8 Å². The van der Waals surface area contributed by atoms with Crippen LogP contribution >= 0.6 is 11.6 Å². The Kier molecular flexibility index (Phi) is 4.73. The molecule has 3 rings (SSSR count). The van der Waals surface area contributed by atoms with Crippen molar-refractivity contribution in [3.8, 4) is 0 Å². The molecule has 0 unspecified atom stereocenters. The van der Waals surface area contributed by atoms with Gasteiger partial charge in [0.05, 0.1) is 5.69 Å². The molecule has 2 aromatic rings. The number of urea groups is 1. The van der Waals surface area contributed by atoms with Crippen molar-refractivity contribution < 1.29 is 18.8 Å². The van der Waals surface area contributed by atoms with E-state index in [4.69, 9.17) is 11.6 Å². The second-order valence-electron chi connectivity index (χ2n) is 5.53. The maximum absolute atomic E-state index is 13.0. The van der Waals surface area contributed by atoms with E-state index in [1.165, 1.54) is 48.5 Å². The second kappa shape index (κ2) is 6.97. The number of rotatable bonds is 4. The minimum Gasteiger partial charge on any atom is -0.358 e. The maximum atomic E-state index is 13.0. The van der Waals surface area contributed by atoms with E-state index in [1.807, 2.05) is 0 Å². The van der Waals surface area contributed by atoms with Crippen LogP contribution in [0.25, 0.3) is 0 Å². The number of carbonyl (C=O) groups excluding carboxylic acids is 3. The molecule has 0 bridgehead atoms. The standard InChI is InChI=1S/C18H13ClFN3O3/c1-10(21-13-6-4-12(20)5-7-13)15-16(24)22-18(26)23(17(15)25)14-8-2-11(19)3-9-14/h2-9,15,21H,1H2,(H,22,24,26)/t15-/m0/s1. The number of benzene rings is 2. The van der Waals surface area contributed by atoms with Gasteiger partial charge in [0.2, 0.25) is 5.91 Å². The second-order valence-corrected chi connectivity index (χ2v) is 5.97. The highest BCUT2D eigenvalue weighted by Crippen LogP contribution is 2.26. The van der Waals surface area contributed by atoms with Gasteiger partial charge in [-0.2, -0.15) is 0 Å². The van der Waals surface area contributed by atoms with Crippen molar-refractivity contribution in [3.05, 3.63) is 71.6 Å². The number of hydrogen-bond acceptors (Lipinski definition) is 4. The predicted molar refractivity (Wildman–Crippen MR) is 95.1 cm³/mol. The van der Waals surface area contributed by atoms with Gasteiger partial charge in [0.25, 0.3) is 5.91 Å². The number of imide groups is 2. The van der Waals surface area contributed by atoms with E-state index in [2.05, 4.69) is 17.2 Å². The van der Waals surface area contributed by atoms with E-state index in [-0.39, 0.29) is 11.4 Å². The highest BCUT2D eigenvalue weighted by atomic mass is 35.5. The van der Waals surface area contributed by atoms with Crippen molar-refractivity contribution in [2.24, 2.45) is 5.92 Å². The van der Waals surface area contributed by atoms with Gasteiger partial charge in [-0.05, 0) is 48.5 Å². The summed E-state index contributed by atoms with van der Waals surface area (Å²) < 4.78 is 13.0. The van der Waals surface area contributed by atoms with Gasteiger partial charge in [0, 0.05) is 16.4 Å². The summed E-state index contributed by atoms with van der Waals surface area (Å²) in [6, 6.07) is 10.5. The SMILES string of the molecule is C=C(Nc1ccc(F)cc1)[C@H]1C(=O)NC(=O)N(c2ccc(Cl)cc2)C1=O. The molecule has 1 fully saturated rings. The number of nitrogens with zero attached hydrogens (tertiary/aromatic N) is 1. The average molecular weight is 374 g/mol. The van der Waals surface area contributed by atoms with Gasteiger partial charge in [-0.25, -0.2) is 14.1 Å². The lowest BCUT2D eigenvalue weighted by Gasteiger charge is -2.31. The van der Waals surface area contributed by atoms with E-state index < -0.39 is 29.6 Å². The molecule has 1 atom stereocenters. The summed E-state index contributed by atoms with van der Waals surface area (Å²) in [6.45, 7) is 3.72. The van der Waals surface area contributed by atoms with Crippen molar-refractivity contribution in [1.29, 1.82) is 0 Å². The smallest absolute Gasteiger partial charge is 0.335 e. The number of nitrogens with one attached hydrogen (secondary N) is 2. The Labute approximate surface area is 153 Å². The Morgan fingerprint density at radius 3 is 2.31 bits per heavy atom. The molecular weight excluding hydrogens is 361 g/mol.